The quantitative estimate of drug-likeness (QED) is 0.828. The molecule has 8 heteroatoms. The van der Waals surface area contributed by atoms with Crippen molar-refractivity contribution in [3.8, 4) is 0 Å². The van der Waals surface area contributed by atoms with Crippen LogP contribution in [0.5, 0.6) is 0 Å². The first-order chi connectivity index (χ1) is 11.6. The summed E-state index contributed by atoms with van der Waals surface area (Å²) in [6.07, 6.45) is 2.30. The molecule has 1 heterocycles. The van der Waals surface area contributed by atoms with Gasteiger partial charge in [0.1, 0.15) is 6.04 Å². The Morgan fingerprint density at radius 3 is 2.56 bits per heavy atom. The van der Waals surface area contributed by atoms with Crippen molar-refractivity contribution in [3.63, 3.8) is 0 Å². The molecule has 2 N–H and O–H groups in total. The minimum atomic E-state index is -3.66. The second-order valence-electron chi connectivity index (χ2n) is 6.52. The third-order valence-corrected chi connectivity index (χ3v) is 6.42. The van der Waals surface area contributed by atoms with Crippen LogP contribution >= 0.6 is 0 Å². The summed E-state index contributed by atoms with van der Waals surface area (Å²) in [4.78, 5) is 24.7. The fourth-order valence-electron chi connectivity index (χ4n) is 2.74. The van der Waals surface area contributed by atoms with Gasteiger partial charge in [-0.3, -0.25) is 9.59 Å². The Labute approximate surface area is 148 Å². The lowest BCUT2D eigenvalue weighted by Gasteiger charge is -2.18. The molecule has 0 saturated carbocycles. The monoisotopic (exact) mass is 367 g/mol. The molecule has 1 aromatic rings. The van der Waals surface area contributed by atoms with Crippen LogP contribution in [0.3, 0.4) is 0 Å². The van der Waals surface area contributed by atoms with Gasteiger partial charge in [0.25, 0.3) is 5.91 Å². The van der Waals surface area contributed by atoms with Gasteiger partial charge in [0.2, 0.25) is 15.9 Å². The third kappa shape index (κ3) is 4.19. The summed E-state index contributed by atoms with van der Waals surface area (Å²) < 4.78 is 26.1. The molecule has 7 nitrogen and oxygen atoms in total. The van der Waals surface area contributed by atoms with Crippen molar-refractivity contribution in [2.45, 2.75) is 44.0 Å². The summed E-state index contributed by atoms with van der Waals surface area (Å²) in [5.41, 5.74) is 1.55. The number of nitrogens with one attached hydrogen (secondary N) is 2. The topological polar surface area (TPSA) is 95.6 Å². The van der Waals surface area contributed by atoms with Gasteiger partial charge in [-0.1, -0.05) is 0 Å². The molecular weight excluding hydrogens is 342 g/mol. The van der Waals surface area contributed by atoms with Gasteiger partial charge < -0.3 is 10.6 Å². The Kier molecular flexibility index (Phi) is 5.84. The number of sulfonamides is 1. The molecule has 1 fully saturated rings. The molecule has 0 aromatic heterocycles. The minimum Gasteiger partial charge on any atom is -0.354 e. The standard InChI is InChI=1S/C17H25N3O4S/c1-11-9-13(10-15(12(11)2)25(23,24)20(3)4)16(21)19-14-7-5-6-8-18-17(14)22/h9-10,14H,5-8H2,1-4H3,(H,18,22)(H,19,21). The van der Waals surface area contributed by atoms with E-state index in [4.69, 9.17) is 0 Å². The number of benzene rings is 1. The van der Waals surface area contributed by atoms with Gasteiger partial charge in [0.05, 0.1) is 4.90 Å². The molecule has 1 saturated heterocycles. The maximum atomic E-state index is 12.6. The zero-order chi connectivity index (χ0) is 18.8. The molecule has 1 atom stereocenters. The Morgan fingerprint density at radius 2 is 1.92 bits per heavy atom. The Morgan fingerprint density at radius 1 is 1.24 bits per heavy atom. The van der Waals surface area contributed by atoms with E-state index in [1.165, 1.54) is 20.2 Å². The lowest BCUT2D eigenvalue weighted by atomic mass is 10.0. The molecule has 1 aliphatic rings. The summed E-state index contributed by atoms with van der Waals surface area (Å²) in [6.45, 7) is 4.09. The van der Waals surface area contributed by atoms with Crippen molar-refractivity contribution in [2.24, 2.45) is 0 Å². The van der Waals surface area contributed by atoms with E-state index in [1.807, 2.05) is 0 Å². The van der Waals surface area contributed by atoms with Crippen LogP contribution in [-0.4, -0.2) is 51.2 Å². The highest BCUT2D eigenvalue weighted by Gasteiger charge is 2.26. The van der Waals surface area contributed by atoms with Gasteiger partial charge in [-0.2, -0.15) is 0 Å². The van der Waals surface area contributed by atoms with Gasteiger partial charge in [-0.25, -0.2) is 12.7 Å². The number of amides is 2. The van der Waals surface area contributed by atoms with Gasteiger partial charge in [-0.05, 0) is 56.4 Å². The molecule has 0 radical (unpaired) electrons. The van der Waals surface area contributed by atoms with E-state index in [2.05, 4.69) is 10.6 Å². The number of aryl methyl sites for hydroxylation is 1. The first kappa shape index (κ1) is 19.4. The molecule has 2 rings (SSSR count). The smallest absolute Gasteiger partial charge is 0.251 e. The van der Waals surface area contributed by atoms with E-state index in [0.29, 0.717) is 24.1 Å². The second-order valence-corrected chi connectivity index (χ2v) is 8.64. The lowest BCUT2D eigenvalue weighted by molar-refractivity contribution is -0.122. The van der Waals surface area contributed by atoms with Crippen LogP contribution in [-0.2, 0) is 14.8 Å². The third-order valence-electron chi connectivity index (χ3n) is 4.48. The van der Waals surface area contributed by atoms with Crippen LogP contribution in [0.2, 0.25) is 0 Å². The van der Waals surface area contributed by atoms with Crippen LogP contribution in [0.25, 0.3) is 0 Å². The zero-order valence-corrected chi connectivity index (χ0v) is 15.9. The molecule has 0 bridgehead atoms. The number of hydrogen-bond acceptors (Lipinski definition) is 4. The molecule has 2 amide bonds. The fourth-order valence-corrected chi connectivity index (χ4v) is 3.96. The molecule has 1 unspecified atom stereocenters. The summed E-state index contributed by atoms with van der Waals surface area (Å²) in [5, 5.41) is 5.49. The lowest BCUT2D eigenvalue weighted by Crippen LogP contribution is -2.45. The highest BCUT2D eigenvalue weighted by atomic mass is 32.2. The number of carbonyl (C=O) groups is 2. The normalized spacial score (nSPS) is 18.6. The van der Waals surface area contributed by atoms with E-state index in [9.17, 15) is 18.0 Å². The second kappa shape index (κ2) is 7.53. The van der Waals surface area contributed by atoms with E-state index in [0.717, 1.165) is 17.1 Å². The van der Waals surface area contributed by atoms with E-state index < -0.39 is 22.0 Å². The van der Waals surface area contributed by atoms with E-state index in [-0.39, 0.29) is 16.4 Å². The highest BCUT2D eigenvalue weighted by molar-refractivity contribution is 7.89. The predicted octanol–water partition coefficient (Wildman–Crippen LogP) is 0.952. The summed E-state index contributed by atoms with van der Waals surface area (Å²) >= 11 is 0. The van der Waals surface area contributed by atoms with Crippen molar-refractivity contribution in [2.75, 3.05) is 20.6 Å². The number of rotatable bonds is 4. The molecule has 1 aromatic carbocycles. The Balaban J connectivity index is 2.34. The SMILES string of the molecule is Cc1cc(C(=O)NC2CCCCNC2=O)cc(S(=O)(=O)N(C)C)c1C. The first-order valence-electron chi connectivity index (χ1n) is 8.27. The van der Waals surface area contributed by atoms with Crippen LogP contribution < -0.4 is 10.6 Å². The summed E-state index contributed by atoms with van der Waals surface area (Å²) in [7, 11) is -0.760. The van der Waals surface area contributed by atoms with Gasteiger partial charge in [-0.15, -0.1) is 0 Å². The molecule has 1 aliphatic heterocycles. The van der Waals surface area contributed by atoms with Crippen molar-refractivity contribution in [1.29, 1.82) is 0 Å². The van der Waals surface area contributed by atoms with E-state index in [1.54, 1.807) is 19.9 Å². The number of nitrogens with zero attached hydrogens (tertiary/aromatic N) is 1. The van der Waals surface area contributed by atoms with Crippen LogP contribution in [0, 0.1) is 13.8 Å². The average molecular weight is 367 g/mol. The van der Waals surface area contributed by atoms with Crippen LogP contribution in [0.15, 0.2) is 17.0 Å². The highest BCUT2D eigenvalue weighted by Crippen LogP contribution is 2.23. The van der Waals surface area contributed by atoms with Gasteiger partial charge >= 0.3 is 0 Å². The van der Waals surface area contributed by atoms with Gasteiger partial charge in [0, 0.05) is 26.2 Å². The predicted molar refractivity (Wildman–Crippen MR) is 94.9 cm³/mol. The Hall–Kier alpha value is -1.93. The fraction of sp³-hybridized carbons (Fsp3) is 0.529. The van der Waals surface area contributed by atoms with Crippen molar-refractivity contribution >= 4 is 21.8 Å². The Bertz CT molecular complexity index is 787. The summed E-state index contributed by atoms with van der Waals surface area (Å²) in [6, 6.07) is 2.43. The van der Waals surface area contributed by atoms with Crippen molar-refractivity contribution in [3.05, 3.63) is 28.8 Å². The van der Waals surface area contributed by atoms with Crippen molar-refractivity contribution in [1.82, 2.24) is 14.9 Å². The molecular formula is C17H25N3O4S. The molecule has 25 heavy (non-hydrogen) atoms. The molecule has 0 aliphatic carbocycles. The largest absolute Gasteiger partial charge is 0.354 e. The minimum absolute atomic E-state index is 0.105. The van der Waals surface area contributed by atoms with Crippen molar-refractivity contribution < 1.29 is 18.0 Å². The van der Waals surface area contributed by atoms with Crippen LogP contribution in [0.1, 0.15) is 40.7 Å². The summed E-state index contributed by atoms with van der Waals surface area (Å²) in [5.74, 6) is -0.642. The maximum absolute atomic E-state index is 12.6. The number of carbonyl (C=O) groups excluding carboxylic acids is 2. The number of hydrogen-bond donors (Lipinski definition) is 2. The van der Waals surface area contributed by atoms with E-state index >= 15 is 0 Å². The molecule has 0 spiro atoms. The van der Waals surface area contributed by atoms with Gasteiger partial charge in [0.15, 0.2) is 0 Å². The van der Waals surface area contributed by atoms with Crippen LogP contribution in [0.4, 0.5) is 0 Å². The zero-order valence-electron chi connectivity index (χ0n) is 15.0. The maximum Gasteiger partial charge on any atom is 0.251 e. The molecule has 138 valence electrons. The first-order valence-corrected chi connectivity index (χ1v) is 9.71. The average Bonchev–Trinajstić information content (AvgIpc) is 2.74.